The zero-order valence-corrected chi connectivity index (χ0v) is 12.1. The Labute approximate surface area is 111 Å². The minimum Gasteiger partial charge on any atom is -0.393 e. The number of hydroxylamine groups is 2. The van der Waals surface area contributed by atoms with Gasteiger partial charge in [-0.15, -0.1) is 0 Å². The topological polar surface area (TPSA) is 32.7 Å². The van der Waals surface area contributed by atoms with E-state index in [-0.39, 0.29) is 23.3 Å². The first-order valence-corrected chi connectivity index (χ1v) is 7.13. The number of nitrogens with zero attached hydrogens (tertiary/aromatic N) is 1. The lowest BCUT2D eigenvalue weighted by Gasteiger charge is -2.53. The molecule has 0 radical (unpaired) electrons. The second-order valence-electron chi connectivity index (χ2n) is 6.98. The Bertz CT molecular complexity index is 304. The summed E-state index contributed by atoms with van der Waals surface area (Å²) in [5.41, 5.74) is -0.237. The van der Waals surface area contributed by atoms with Crippen LogP contribution in [-0.4, -0.2) is 33.5 Å². The van der Waals surface area contributed by atoms with Crippen molar-refractivity contribution in [3.63, 3.8) is 0 Å². The van der Waals surface area contributed by atoms with Crippen molar-refractivity contribution < 1.29 is 9.94 Å². The first kappa shape index (κ1) is 14.0. The first-order chi connectivity index (χ1) is 8.31. The van der Waals surface area contributed by atoms with E-state index in [4.69, 9.17) is 4.84 Å². The number of hydrogen-bond acceptors (Lipinski definition) is 3. The molecule has 0 saturated carbocycles. The van der Waals surface area contributed by atoms with Gasteiger partial charge in [0, 0.05) is 11.1 Å². The molecule has 104 valence electrons. The van der Waals surface area contributed by atoms with Crippen molar-refractivity contribution in [2.45, 2.75) is 83.1 Å². The van der Waals surface area contributed by atoms with Crippen molar-refractivity contribution in [1.29, 1.82) is 0 Å². The zero-order chi connectivity index (χ0) is 13.4. The SMILES string of the molecule is CC1(C)CC(O)CC(C)(C)N1OC1C=CCCC1. The molecule has 2 aliphatic rings. The van der Waals surface area contributed by atoms with Gasteiger partial charge in [0.25, 0.3) is 0 Å². The molecule has 1 saturated heterocycles. The van der Waals surface area contributed by atoms with Crippen LogP contribution in [0.25, 0.3) is 0 Å². The molecule has 0 spiro atoms. The summed E-state index contributed by atoms with van der Waals surface area (Å²) >= 11 is 0. The molecule has 18 heavy (non-hydrogen) atoms. The Morgan fingerprint density at radius 3 is 2.28 bits per heavy atom. The lowest BCUT2D eigenvalue weighted by Crippen LogP contribution is -2.62. The van der Waals surface area contributed by atoms with Crippen molar-refractivity contribution in [3.8, 4) is 0 Å². The number of piperidine rings is 1. The Morgan fingerprint density at radius 2 is 1.78 bits per heavy atom. The highest BCUT2D eigenvalue weighted by Crippen LogP contribution is 2.39. The van der Waals surface area contributed by atoms with Crippen molar-refractivity contribution >= 4 is 0 Å². The van der Waals surface area contributed by atoms with Gasteiger partial charge in [-0.05, 0) is 59.8 Å². The lowest BCUT2D eigenvalue weighted by atomic mass is 9.80. The number of rotatable bonds is 2. The van der Waals surface area contributed by atoms with Gasteiger partial charge in [0.1, 0.15) is 0 Å². The van der Waals surface area contributed by atoms with Crippen LogP contribution in [0.15, 0.2) is 12.2 Å². The van der Waals surface area contributed by atoms with E-state index in [1.165, 1.54) is 12.8 Å². The number of hydrogen-bond donors (Lipinski definition) is 1. The van der Waals surface area contributed by atoms with Crippen LogP contribution in [0.2, 0.25) is 0 Å². The summed E-state index contributed by atoms with van der Waals surface area (Å²) in [5.74, 6) is 0. The van der Waals surface area contributed by atoms with E-state index in [0.717, 1.165) is 19.3 Å². The largest absolute Gasteiger partial charge is 0.393 e. The molecule has 3 nitrogen and oxygen atoms in total. The van der Waals surface area contributed by atoms with Crippen LogP contribution in [-0.2, 0) is 4.84 Å². The molecule has 3 heteroatoms. The van der Waals surface area contributed by atoms with E-state index in [9.17, 15) is 5.11 Å². The van der Waals surface area contributed by atoms with E-state index >= 15 is 0 Å². The highest BCUT2D eigenvalue weighted by Gasteiger charge is 2.46. The maximum atomic E-state index is 10.0. The van der Waals surface area contributed by atoms with Gasteiger partial charge in [-0.25, -0.2) is 0 Å². The average molecular weight is 253 g/mol. The van der Waals surface area contributed by atoms with E-state index in [2.05, 4.69) is 44.9 Å². The van der Waals surface area contributed by atoms with Crippen molar-refractivity contribution in [2.75, 3.05) is 0 Å². The second-order valence-corrected chi connectivity index (χ2v) is 6.98. The van der Waals surface area contributed by atoms with Gasteiger partial charge in [0.15, 0.2) is 0 Å². The molecule has 0 aromatic carbocycles. The third kappa shape index (κ3) is 2.95. The quantitative estimate of drug-likeness (QED) is 0.768. The molecule has 0 bridgehead atoms. The van der Waals surface area contributed by atoms with E-state index in [1.54, 1.807) is 0 Å². The van der Waals surface area contributed by atoms with E-state index < -0.39 is 0 Å². The summed E-state index contributed by atoms with van der Waals surface area (Å²) in [7, 11) is 0. The fourth-order valence-electron chi connectivity index (χ4n) is 3.50. The minimum atomic E-state index is -0.225. The molecule has 0 aromatic rings. The lowest BCUT2D eigenvalue weighted by molar-refractivity contribution is -0.307. The Morgan fingerprint density at radius 1 is 1.17 bits per heavy atom. The third-order valence-electron chi connectivity index (χ3n) is 4.02. The van der Waals surface area contributed by atoms with E-state index in [1.807, 2.05) is 0 Å². The fraction of sp³-hybridized carbons (Fsp3) is 0.867. The van der Waals surface area contributed by atoms with Crippen LogP contribution in [0, 0.1) is 0 Å². The third-order valence-corrected chi connectivity index (χ3v) is 4.02. The van der Waals surface area contributed by atoms with Crippen LogP contribution in [0.5, 0.6) is 0 Å². The molecule has 1 heterocycles. The standard InChI is InChI=1S/C15H27NO2/c1-14(2)10-12(17)11-15(3,4)16(14)18-13-8-6-5-7-9-13/h6,8,12-13,17H,5,7,9-11H2,1-4H3. The second kappa shape index (κ2) is 4.95. The van der Waals surface area contributed by atoms with Crippen LogP contribution in [0.1, 0.15) is 59.8 Å². The van der Waals surface area contributed by atoms with Crippen molar-refractivity contribution in [2.24, 2.45) is 0 Å². The van der Waals surface area contributed by atoms with Crippen LogP contribution in [0.4, 0.5) is 0 Å². The summed E-state index contributed by atoms with van der Waals surface area (Å²) in [6, 6.07) is 0. The number of allylic oxidation sites excluding steroid dienone is 1. The smallest absolute Gasteiger partial charge is 0.0974 e. The zero-order valence-electron chi connectivity index (χ0n) is 12.1. The number of aliphatic hydroxyl groups excluding tert-OH is 1. The maximum Gasteiger partial charge on any atom is 0.0974 e. The maximum absolute atomic E-state index is 10.0. The molecular formula is C15H27NO2. The van der Waals surface area contributed by atoms with Crippen LogP contribution in [0.3, 0.4) is 0 Å². The molecule has 1 aliphatic heterocycles. The molecule has 1 atom stereocenters. The molecule has 2 rings (SSSR count). The van der Waals surface area contributed by atoms with Crippen LogP contribution >= 0.6 is 0 Å². The normalized spacial score (nSPS) is 32.6. The molecule has 1 aliphatic carbocycles. The summed E-state index contributed by atoms with van der Waals surface area (Å²) in [6.07, 6.45) is 9.39. The fourth-order valence-corrected chi connectivity index (χ4v) is 3.50. The van der Waals surface area contributed by atoms with Crippen molar-refractivity contribution in [1.82, 2.24) is 5.06 Å². The first-order valence-electron chi connectivity index (χ1n) is 7.13. The minimum absolute atomic E-state index is 0.119. The van der Waals surface area contributed by atoms with Gasteiger partial charge in [0.05, 0.1) is 12.2 Å². The van der Waals surface area contributed by atoms with Gasteiger partial charge in [0.2, 0.25) is 0 Å². The number of aliphatic hydroxyl groups is 1. The predicted molar refractivity (Wildman–Crippen MR) is 73.1 cm³/mol. The average Bonchev–Trinajstić information content (AvgIpc) is 2.23. The summed E-state index contributed by atoms with van der Waals surface area (Å²) in [6.45, 7) is 8.63. The monoisotopic (exact) mass is 253 g/mol. The highest BCUT2D eigenvalue weighted by molar-refractivity contribution is 4.99. The Balaban J connectivity index is 2.12. The Hall–Kier alpha value is -0.380. The van der Waals surface area contributed by atoms with Crippen molar-refractivity contribution in [3.05, 3.63) is 12.2 Å². The van der Waals surface area contributed by atoms with Gasteiger partial charge in [-0.2, -0.15) is 5.06 Å². The van der Waals surface area contributed by atoms with Gasteiger partial charge < -0.3 is 5.11 Å². The summed E-state index contributed by atoms with van der Waals surface area (Å²) in [5, 5.41) is 12.1. The molecule has 1 unspecified atom stereocenters. The van der Waals surface area contributed by atoms with Gasteiger partial charge in [-0.3, -0.25) is 4.84 Å². The van der Waals surface area contributed by atoms with Gasteiger partial charge in [-0.1, -0.05) is 12.2 Å². The highest BCUT2D eigenvalue weighted by atomic mass is 16.7. The summed E-state index contributed by atoms with van der Waals surface area (Å²) in [4.78, 5) is 6.25. The van der Waals surface area contributed by atoms with Crippen LogP contribution < -0.4 is 0 Å². The molecule has 0 aromatic heterocycles. The summed E-state index contributed by atoms with van der Waals surface area (Å²) < 4.78 is 0. The molecular weight excluding hydrogens is 226 g/mol. The Kier molecular flexibility index (Phi) is 3.86. The predicted octanol–water partition coefficient (Wildman–Crippen LogP) is 3.04. The molecule has 1 N–H and O–H groups in total. The molecule has 0 amide bonds. The van der Waals surface area contributed by atoms with Gasteiger partial charge >= 0.3 is 0 Å². The molecule has 1 fully saturated rings. The van der Waals surface area contributed by atoms with E-state index in [0.29, 0.717) is 0 Å².